The Morgan fingerprint density at radius 1 is 1.39 bits per heavy atom. The van der Waals surface area contributed by atoms with Crippen LogP contribution < -0.4 is 4.72 Å². The molecule has 1 N–H and O–H groups in total. The Hall–Kier alpha value is -0.830. The minimum Gasteiger partial charge on any atom is -0.211 e. The van der Waals surface area contributed by atoms with Crippen LogP contribution in [0.4, 0.5) is 0 Å². The van der Waals surface area contributed by atoms with Crippen molar-refractivity contribution < 1.29 is 8.42 Å². The van der Waals surface area contributed by atoms with Gasteiger partial charge in [-0.05, 0) is 43.5 Å². The molecule has 5 heteroatoms. The number of sulfonamides is 1. The van der Waals surface area contributed by atoms with Crippen molar-refractivity contribution in [3.8, 4) is 12.3 Å². The molecule has 0 aromatic heterocycles. The van der Waals surface area contributed by atoms with Crippen LogP contribution in [0.15, 0.2) is 27.6 Å². The van der Waals surface area contributed by atoms with Crippen molar-refractivity contribution >= 4 is 26.0 Å². The van der Waals surface area contributed by atoms with Gasteiger partial charge in [-0.15, -0.1) is 12.3 Å². The van der Waals surface area contributed by atoms with Gasteiger partial charge in [0.25, 0.3) is 0 Å². The first-order valence-corrected chi connectivity index (χ1v) is 7.94. The zero-order valence-corrected chi connectivity index (χ0v) is 12.6. The van der Waals surface area contributed by atoms with Crippen LogP contribution in [0.25, 0.3) is 0 Å². The molecule has 0 saturated heterocycles. The first-order chi connectivity index (χ1) is 8.47. The second-order valence-corrected chi connectivity index (χ2v) is 6.59. The number of rotatable bonds is 6. The number of unbranched alkanes of at least 4 members (excludes halogenated alkanes) is 2. The fourth-order valence-electron chi connectivity index (χ4n) is 1.43. The summed E-state index contributed by atoms with van der Waals surface area (Å²) >= 11 is 3.34. The van der Waals surface area contributed by atoms with Crippen LogP contribution in [-0.2, 0) is 10.0 Å². The molecule has 0 aliphatic rings. The molecule has 3 nitrogen and oxygen atoms in total. The summed E-state index contributed by atoms with van der Waals surface area (Å²) in [6, 6.07) is 4.97. The van der Waals surface area contributed by atoms with E-state index < -0.39 is 10.0 Å². The minimum absolute atomic E-state index is 0.292. The van der Waals surface area contributed by atoms with Crippen LogP contribution in [-0.4, -0.2) is 15.0 Å². The number of terminal acetylenes is 1. The van der Waals surface area contributed by atoms with E-state index in [0.717, 1.165) is 22.9 Å². The molecule has 1 aromatic carbocycles. The van der Waals surface area contributed by atoms with Crippen molar-refractivity contribution in [2.24, 2.45) is 0 Å². The SMILES string of the molecule is C#CCCCCNS(=O)(=O)c1ccc(Br)c(C)c1. The average Bonchev–Trinajstić information content (AvgIpc) is 2.32. The van der Waals surface area contributed by atoms with Crippen molar-refractivity contribution in [2.45, 2.75) is 31.1 Å². The molecule has 0 spiro atoms. The second kappa shape index (κ2) is 6.93. The molecule has 1 rings (SSSR count). The zero-order valence-electron chi connectivity index (χ0n) is 10.2. The lowest BCUT2D eigenvalue weighted by Gasteiger charge is -2.07. The number of nitrogens with one attached hydrogen (secondary N) is 1. The molecular formula is C13H16BrNO2S. The maximum Gasteiger partial charge on any atom is 0.240 e. The van der Waals surface area contributed by atoms with Gasteiger partial charge in [-0.1, -0.05) is 15.9 Å². The number of aryl methyl sites for hydroxylation is 1. The predicted octanol–water partition coefficient (Wildman–Crippen LogP) is 2.84. The molecule has 18 heavy (non-hydrogen) atoms. The second-order valence-electron chi connectivity index (χ2n) is 3.97. The lowest BCUT2D eigenvalue weighted by molar-refractivity contribution is 0.577. The summed E-state index contributed by atoms with van der Waals surface area (Å²) in [5.74, 6) is 2.53. The van der Waals surface area contributed by atoms with E-state index in [4.69, 9.17) is 6.42 Å². The molecule has 0 radical (unpaired) electrons. The van der Waals surface area contributed by atoms with E-state index in [9.17, 15) is 8.42 Å². The zero-order chi connectivity index (χ0) is 13.6. The van der Waals surface area contributed by atoms with Gasteiger partial charge in [0, 0.05) is 17.4 Å². The highest BCUT2D eigenvalue weighted by Gasteiger charge is 2.13. The molecule has 0 fully saturated rings. The summed E-state index contributed by atoms with van der Waals surface area (Å²) in [5, 5.41) is 0. The highest BCUT2D eigenvalue weighted by molar-refractivity contribution is 9.10. The largest absolute Gasteiger partial charge is 0.240 e. The standard InChI is InChI=1S/C13H16BrNO2S/c1-3-4-5-6-9-15-18(16,17)12-7-8-13(14)11(2)10-12/h1,7-8,10,15H,4-6,9H2,2H3. The number of hydrogen-bond acceptors (Lipinski definition) is 2. The quantitative estimate of drug-likeness (QED) is 0.644. The Morgan fingerprint density at radius 3 is 2.72 bits per heavy atom. The van der Waals surface area contributed by atoms with Crippen LogP contribution >= 0.6 is 15.9 Å². The first kappa shape index (κ1) is 15.2. The summed E-state index contributed by atoms with van der Waals surface area (Å²) in [4.78, 5) is 0.292. The highest BCUT2D eigenvalue weighted by atomic mass is 79.9. The Kier molecular flexibility index (Phi) is 5.86. The van der Waals surface area contributed by atoms with E-state index in [1.165, 1.54) is 0 Å². The van der Waals surface area contributed by atoms with Gasteiger partial charge in [0.2, 0.25) is 10.0 Å². The number of hydrogen-bond donors (Lipinski definition) is 1. The van der Waals surface area contributed by atoms with Crippen LogP contribution in [0.2, 0.25) is 0 Å². The third-order valence-electron chi connectivity index (χ3n) is 2.48. The van der Waals surface area contributed by atoms with Crippen LogP contribution in [0, 0.1) is 19.3 Å². The Labute approximate surface area is 117 Å². The summed E-state index contributed by atoms with van der Waals surface area (Å²) in [7, 11) is -3.41. The smallest absolute Gasteiger partial charge is 0.211 e. The Bertz CT molecular complexity index is 547. The lowest BCUT2D eigenvalue weighted by Crippen LogP contribution is -2.24. The van der Waals surface area contributed by atoms with Gasteiger partial charge >= 0.3 is 0 Å². The minimum atomic E-state index is -3.41. The van der Waals surface area contributed by atoms with E-state index in [2.05, 4.69) is 26.6 Å². The summed E-state index contributed by atoms with van der Waals surface area (Å²) in [5.41, 5.74) is 0.894. The number of halogens is 1. The van der Waals surface area contributed by atoms with Gasteiger partial charge in [0.15, 0.2) is 0 Å². The first-order valence-electron chi connectivity index (χ1n) is 5.66. The van der Waals surface area contributed by atoms with Gasteiger partial charge in [-0.25, -0.2) is 13.1 Å². The Morgan fingerprint density at radius 2 is 2.11 bits per heavy atom. The predicted molar refractivity (Wildman–Crippen MR) is 76.8 cm³/mol. The molecule has 0 aliphatic carbocycles. The molecule has 0 unspecified atom stereocenters. The maximum atomic E-state index is 12.0. The molecule has 1 aromatic rings. The van der Waals surface area contributed by atoms with Crippen molar-refractivity contribution in [1.29, 1.82) is 0 Å². The van der Waals surface area contributed by atoms with Crippen LogP contribution in [0.5, 0.6) is 0 Å². The van der Waals surface area contributed by atoms with E-state index in [1.807, 2.05) is 6.92 Å². The molecule has 0 amide bonds. The molecule has 0 bridgehead atoms. The molecule has 0 atom stereocenters. The van der Waals surface area contributed by atoms with Gasteiger partial charge in [-0.3, -0.25) is 0 Å². The Balaban J connectivity index is 2.63. The van der Waals surface area contributed by atoms with Crippen molar-refractivity contribution in [2.75, 3.05) is 6.54 Å². The summed E-state index contributed by atoms with van der Waals surface area (Å²) < 4.78 is 27.4. The van der Waals surface area contributed by atoms with Gasteiger partial charge in [0.05, 0.1) is 4.90 Å². The highest BCUT2D eigenvalue weighted by Crippen LogP contribution is 2.19. The van der Waals surface area contributed by atoms with Crippen LogP contribution in [0.1, 0.15) is 24.8 Å². The fraction of sp³-hybridized carbons (Fsp3) is 0.385. The fourth-order valence-corrected chi connectivity index (χ4v) is 2.83. The number of benzene rings is 1. The molecule has 0 aliphatic heterocycles. The lowest BCUT2D eigenvalue weighted by atomic mass is 10.2. The molecule has 0 saturated carbocycles. The van der Waals surface area contributed by atoms with Gasteiger partial charge in [-0.2, -0.15) is 0 Å². The topological polar surface area (TPSA) is 46.2 Å². The van der Waals surface area contributed by atoms with Gasteiger partial charge < -0.3 is 0 Å². The monoisotopic (exact) mass is 329 g/mol. The molecular weight excluding hydrogens is 314 g/mol. The normalized spacial score (nSPS) is 11.2. The van der Waals surface area contributed by atoms with Crippen molar-refractivity contribution in [1.82, 2.24) is 4.72 Å². The summed E-state index contributed by atoms with van der Waals surface area (Å²) in [6.45, 7) is 2.27. The molecule has 0 heterocycles. The van der Waals surface area contributed by atoms with E-state index in [-0.39, 0.29) is 0 Å². The third-order valence-corrected chi connectivity index (χ3v) is 4.83. The third kappa shape index (κ3) is 4.45. The van der Waals surface area contributed by atoms with E-state index >= 15 is 0 Å². The van der Waals surface area contributed by atoms with Crippen molar-refractivity contribution in [3.63, 3.8) is 0 Å². The van der Waals surface area contributed by atoms with E-state index in [0.29, 0.717) is 17.9 Å². The van der Waals surface area contributed by atoms with E-state index in [1.54, 1.807) is 18.2 Å². The molecule has 98 valence electrons. The van der Waals surface area contributed by atoms with Gasteiger partial charge in [0.1, 0.15) is 0 Å². The van der Waals surface area contributed by atoms with Crippen LogP contribution in [0.3, 0.4) is 0 Å². The summed E-state index contributed by atoms with van der Waals surface area (Å²) in [6.07, 6.45) is 7.39. The average molecular weight is 330 g/mol. The maximum absolute atomic E-state index is 12.0. The van der Waals surface area contributed by atoms with Crippen molar-refractivity contribution in [3.05, 3.63) is 28.2 Å².